The molecule has 3 aromatic carbocycles. The van der Waals surface area contributed by atoms with Gasteiger partial charge in [-0.15, -0.1) is 0 Å². The summed E-state index contributed by atoms with van der Waals surface area (Å²) in [5.41, 5.74) is 2.48. The van der Waals surface area contributed by atoms with E-state index in [4.69, 9.17) is 0 Å². The predicted molar refractivity (Wildman–Crippen MR) is 126 cm³/mol. The van der Waals surface area contributed by atoms with Crippen molar-refractivity contribution in [1.82, 2.24) is 9.88 Å². The van der Waals surface area contributed by atoms with E-state index in [1.54, 1.807) is 41.0 Å². The molecule has 4 rings (SSSR count). The lowest BCUT2D eigenvalue weighted by Gasteiger charge is -2.12. The number of para-hydroxylation sites is 1. The quantitative estimate of drug-likeness (QED) is 0.409. The van der Waals surface area contributed by atoms with Gasteiger partial charge in [0, 0.05) is 27.7 Å². The highest BCUT2D eigenvalue weighted by molar-refractivity contribution is 6.06. The van der Waals surface area contributed by atoms with Crippen LogP contribution in [0.25, 0.3) is 10.9 Å². The minimum Gasteiger partial charge on any atom is -0.468 e. The summed E-state index contributed by atoms with van der Waals surface area (Å²) >= 11 is 0. The summed E-state index contributed by atoms with van der Waals surface area (Å²) in [6.07, 6.45) is 0. The molecule has 8 heteroatoms. The predicted octanol–water partition coefficient (Wildman–Crippen LogP) is 3.98. The van der Waals surface area contributed by atoms with E-state index in [0.717, 1.165) is 10.9 Å². The second-order valence-electron chi connectivity index (χ2n) is 7.56. The van der Waals surface area contributed by atoms with Crippen molar-refractivity contribution in [3.05, 3.63) is 102 Å². The summed E-state index contributed by atoms with van der Waals surface area (Å²) in [5.74, 6) is -1.69. The molecular weight excluding hydrogens is 437 g/mol. The van der Waals surface area contributed by atoms with Crippen LogP contribution in [-0.4, -0.2) is 36.0 Å². The van der Waals surface area contributed by atoms with Crippen molar-refractivity contribution in [3.63, 3.8) is 0 Å². The zero-order valence-electron chi connectivity index (χ0n) is 18.4. The van der Waals surface area contributed by atoms with Crippen molar-refractivity contribution in [2.75, 3.05) is 19.0 Å². The van der Waals surface area contributed by atoms with Crippen molar-refractivity contribution in [2.24, 2.45) is 0 Å². The Morgan fingerprint density at radius 2 is 1.62 bits per heavy atom. The van der Waals surface area contributed by atoms with Crippen LogP contribution < -0.4 is 10.6 Å². The minimum atomic E-state index is -0.553. The van der Waals surface area contributed by atoms with E-state index in [0.29, 0.717) is 22.5 Å². The number of halogens is 1. The highest BCUT2D eigenvalue weighted by Gasteiger charge is 2.17. The van der Waals surface area contributed by atoms with Gasteiger partial charge in [0.2, 0.25) is 0 Å². The van der Waals surface area contributed by atoms with E-state index in [-0.39, 0.29) is 24.8 Å². The molecule has 1 aromatic heterocycles. The molecule has 34 heavy (non-hydrogen) atoms. The van der Waals surface area contributed by atoms with Crippen molar-refractivity contribution >= 4 is 34.4 Å². The second-order valence-corrected chi connectivity index (χ2v) is 7.56. The number of nitrogens with zero attached hydrogens (tertiary/aromatic N) is 1. The van der Waals surface area contributed by atoms with Gasteiger partial charge in [0.05, 0.1) is 13.7 Å². The van der Waals surface area contributed by atoms with Crippen LogP contribution in [0, 0.1) is 5.82 Å². The number of carbonyl (C=O) groups is 3. The smallest absolute Gasteiger partial charge is 0.325 e. The average molecular weight is 459 g/mol. The summed E-state index contributed by atoms with van der Waals surface area (Å²) in [7, 11) is 1.24. The first-order valence-corrected chi connectivity index (χ1v) is 10.5. The third-order valence-corrected chi connectivity index (χ3v) is 5.36. The number of aromatic nitrogens is 1. The molecule has 2 N–H and O–H groups in total. The van der Waals surface area contributed by atoms with Gasteiger partial charge in [-0.3, -0.25) is 14.4 Å². The topological polar surface area (TPSA) is 89.4 Å². The average Bonchev–Trinajstić information content (AvgIpc) is 3.22. The van der Waals surface area contributed by atoms with Crippen LogP contribution in [0.3, 0.4) is 0 Å². The molecule has 0 saturated heterocycles. The molecule has 2 amide bonds. The molecule has 0 spiro atoms. The fraction of sp³-hybridized carbons (Fsp3) is 0.115. The third kappa shape index (κ3) is 4.96. The number of anilines is 1. The molecular formula is C26H22FN3O4. The highest BCUT2D eigenvalue weighted by atomic mass is 19.1. The summed E-state index contributed by atoms with van der Waals surface area (Å²) in [4.78, 5) is 36.5. The van der Waals surface area contributed by atoms with Crippen LogP contribution in [0.5, 0.6) is 0 Å². The first-order chi connectivity index (χ1) is 16.5. The fourth-order valence-electron chi connectivity index (χ4n) is 3.59. The zero-order valence-corrected chi connectivity index (χ0v) is 18.4. The summed E-state index contributed by atoms with van der Waals surface area (Å²) in [5, 5.41) is 6.14. The number of ether oxygens (including phenoxy) is 1. The summed E-state index contributed by atoms with van der Waals surface area (Å²) in [6.45, 7) is -0.0391. The number of rotatable bonds is 7. The van der Waals surface area contributed by atoms with Gasteiger partial charge in [-0.1, -0.05) is 36.4 Å². The lowest BCUT2D eigenvalue weighted by atomic mass is 10.2. The van der Waals surface area contributed by atoms with Crippen LogP contribution in [-0.2, 0) is 16.1 Å². The standard InChI is InChI=1S/C26H22FN3O4/c1-34-24(31)15-28-25(32)17-10-12-20(13-11-17)29-26(33)23-14-18-6-3-5-9-22(18)30(23)16-19-7-2-4-8-21(19)27/h2-14H,15-16H2,1H3,(H,28,32)(H,29,33). The number of hydrogen-bond donors (Lipinski definition) is 2. The number of carbonyl (C=O) groups excluding carboxylic acids is 3. The maximum absolute atomic E-state index is 14.3. The maximum Gasteiger partial charge on any atom is 0.325 e. The van der Waals surface area contributed by atoms with Crippen molar-refractivity contribution in [2.45, 2.75) is 6.54 Å². The Morgan fingerprint density at radius 3 is 2.35 bits per heavy atom. The molecule has 0 fully saturated rings. The number of hydrogen-bond acceptors (Lipinski definition) is 4. The molecule has 0 atom stereocenters. The van der Waals surface area contributed by atoms with E-state index in [9.17, 15) is 18.8 Å². The van der Waals surface area contributed by atoms with Crippen LogP contribution in [0.15, 0.2) is 78.9 Å². The Kier molecular flexibility index (Phi) is 6.68. The number of methoxy groups -OCH3 is 1. The largest absolute Gasteiger partial charge is 0.468 e. The van der Waals surface area contributed by atoms with E-state index in [1.165, 1.54) is 25.3 Å². The summed E-state index contributed by atoms with van der Waals surface area (Å²) < 4.78 is 20.6. The number of benzene rings is 3. The van der Waals surface area contributed by atoms with Gasteiger partial charge >= 0.3 is 5.97 Å². The molecule has 4 aromatic rings. The Labute approximate surface area is 195 Å². The molecule has 1 heterocycles. The first kappa shape index (κ1) is 22.7. The third-order valence-electron chi connectivity index (χ3n) is 5.36. The lowest BCUT2D eigenvalue weighted by Crippen LogP contribution is -2.30. The van der Waals surface area contributed by atoms with Crippen molar-refractivity contribution < 1.29 is 23.5 Å². The summed E-state index contributed by atoms with van der Waals surface area (Å²) in [6, 6.07) is 22.0. The van der Waals surface area contributed by atoms with Gasteiger partial charge in [-0.25, -0.2) is 4.39 Å². The molecule has 7 nitrogen and oxygen atoms in total. The highest BCUT2D eigenvalue weighted by Crippen LogP contribution is 2.23. The molecule has 0 aliphatic carbocycles. The number of amides is 2. The SMILES string of the molecule is COC(=O)CNC(=O)c1ccc(NC(=O)c2cc3ccccc3n2Cc2ccccc2F)cc1. The molecule has 0 unspecified atom stereocenters. The van der Waals surface area contributed by atoms with Gasteiger partial charge in [0.15, 0.2) is 0 Å². The van der Waals surface area contributed by atoms with Crippen molar-refractivity contribution in [1.29, 1.82) is 0 Å². The molecule has 0 aliphatic rings. The molecule has 0 bridgehead atoms. The van der Waals surface area contributed by atoms with Crippen LogP contribution >= 0.6 is 0 Å². The number of esters is 1. The van der Waals surface area contributed by atoms with E-state index >= 15 is 0 Å². The number of fused-ring (bicyclic) bond motifs is 1. The normalized spacial score (nSPS) is 10.6. The Morgan fingerprint density at radius 1 is 0.912 bits per heavy atom. The Balaban J connectivity index is 1.55. The van der Waals surface area contributed by atoms with Gasteiger partial charge in [-0.05, 0) is 42.5 Å². The second kappa shape index (κ2) is 9.99. The molecule has 0 saturated carbocycles. The first-order valence-electron chi connectivity index (χ1n) is 10.5. The molecule has 172 valence electrons. The van der Waals surface area contributed by atoms with E-state index < -0.39 is 11.9 Å². The Hall–Kier alpha value is -4.46. The molecule has 0 aliphatic heterocycles. The minimum absolute atomic E-state index is 0.197. The van der Waals surface area contributed by atoms with Crippen molar-refractivity contribution in [3.8, 4) is 0 Å². The lowest BCUT2D eigenvalue weighted by molar-refractivity contribution is -0.139. The van der Waals surface area contributed by atoms with E-state index in [2.05, 4.69) is 15.4 Å². The van der Waals surface area contributed by atoms with Gasteiger partial charge in [0.25, 0.3) is 11.8 Å². The zero-order chi connectivity index (χ0) is 24.1. The van der Waals surface area contributed by atoms with Crippen LogP contribution in [0.2, 0.25) is 0 Å². The van der Waals surface area contributed by atoms with Gasteiger partial charge < -0.3 is 19.9 Å². The van der Waals surface area contributed by atoms with E-state index in [1.807, 2.05) is 24.3 Å². The van der Waals surface area contributed by atoms with Gasteiger partial charge in [0.1, 0.15) is 18.1 Å². The Bertz CT molecular complexity index is 1360. The monoisotopic (exact) mass is 459 g/mol. The molecule has 0 radical (unpaired) electrons. The van der Waals surface area contributed by atoms with Gasteiger partial charge in [-0.2, -0.15) is 0 Å². The van der Waals surface area contributed by atoms with Crippen LogP contribution in [0.1, 0.15) is 26.4 Å². The number of nitrogens with one attached hydrogen (secondary N) is 2. The fourth-order valence-corrected chi connectivity index (χ4v) is 3.59. The van der Waals surface area contributed by atoms with Crippen LogP contribution in [0.4, 0.5) is 10.1 Å². The maximum atomic E-state index is 14.3.